The molecule has 3 aromatic rings. The van der Waals surface area contributed by atoms with Crippen molar-refractivity contribution in [2.45, 2.75) is 4.11 Å². The third-order valence-electron chi connectivity index (χ3n) is 2.68. The molecule has 0 aliphatic heterocycles. The molecule has 1 unspecified atom stereocenters. The Balaban J connectivity index is 2.20. The summed E-state index contributed by atoms with van der Waals surface area (Å²) < 4.78 is 0.602. The normalized spacial score (nSPS) is 12.7. The number of aliphatic hydroxyl groups is 1. The number of halogens is 1. The van der Waals surface area contributed by atoms with Crippen molar-refractivity contribution >= 4 is 45.3 Å². The van der Waals surface area contributed by atoms with Gasteiger partial charge in [0, 0.05) is 5.39 Å². The first-order chi connectivity index (χ1) is 9.56. The molecule has 0 saturated heterocycles. The molecule has 0 aliphatic rings. The first kappa shape index (κ1) is 12.9. The molecule has 2 heterocycles. The molecule has 20 heavy (non-hydrogen) atoms. The molecule has 0 bridgehead atoms. The maximum atomic E-state index is 9.62. The Morgan fingerprint density at radius 2 is 2.05 bits per heavy atom. The minimum atomic E-state index is -0.821. The fraction of sp³-hybridized carbons (Fsp3) is 0.100. The largest absolute Gasteiger partial charge is 0.383 e. The van der Waals surface area contributed by atoms with Gasteiger partial charge in [0.2, 0.25) is 5.95 Å². The molecular weight excluding hydrogens is 375 g/mol. The van der Waals surface area contributed by atoms with Crippen LogP contribution in [0, 0.1) is 0 Å². The van der Waals surface area contributed by atoms with Gasteiger partial charge in [0.15, 0.2) is 9.94 Å². The molecule has 9 nitrogen and oxygen atoms in total. The zero-order valence-electron chi connectivity index (χ0n) is 9.97. The van der Waals surface area contributed by atoms with E-state index in [4.69, 9.17) is 11.5 Å². The van der Waals surface area contributed by atoms with Crippen molar-refractivity contribution in [3.8, 4) is 5.69 Å². The molecule has 3 rings (SSSR count). The van der Waals surface area contributed by atoms with Crippen molar-refractivity contribution in [2.24, 2.45) is 0 Å². The number of aromatic nitrogens is 6. The first-order valence-corrected chi connectivity index (χ1v) is 6.74. The van der Waals surface area contributed by atoms with E-state index in [1.54, 1.807) is 18.2 Å². The summed E-state index contributed by atoms with van der Waals surface area (Å²) in [6, 6.07) is 5.24. The summed E-state index contributed by atoms with van der Waals surface area (Å²) in [5, 5.41) is 21.4. The van der Waals surface area contributed by atoms with Gasteiger partial charge < -0.3 is 16.6 Å². The second kappa shape index (κ2) is 4.79. The van der Waals surface area contributed by atoms with Crippen molar-refractivity contribution in [3.63, 3.8) is 0 Å². The van der Waals surface area contributed by atoms with E-state index in [-0.39, 0.29) is 11.8 Å². The Labute approximate surface area is 126 Å². The Morgan fingerprint density at radius 3 is 2.80 bits per heavy atom. The third kappa shape index (κ3) is 2.12. The highest BCUT2D eigenvalue weighted by molar-refractivity contribution is 14.1. The summed E-state index contributed by atoms with van der Waals surface area (Å²) in [5.74, 6) is 0.715. The van der Waals surface area contributed by atoms with Crippen LogP contribution in [-0.2, 0) is 0 Å². The number of alkyl halides is 1. The predicted molar refractivity (Wildman–Crippen MR) is 80.1 cm³/mol. The fourth-order valence-electron chi connectivity index (χ4n) is 1.82. The third-order valence-corrected chi connectivity index (χ3v) is 3.23. The quantitative estimate of drug-likeness (QED) is 0.420. The van der Waals surface area contributed by atoms with Crippen LogP contribution in [0.4, 0.5) is 11.8 Å². The van der Waals surface area contributed by atoms with Crippen molar-refractivity contribution in [1.82, 2.24) is 30.2 Å². The lowest BCUT2D eigenvalue weighted by Crippen LogP contribution is -2.06. The summed E-state index contributed by atoms with van der Waals surface area (Å²) in [6.07, 6.45) is 0. The average molecular weight is 384 g/mol. The van der Waals surface area contributed by atoms with Crippen LogP contribution in [0.5, 0.6) is 0 Å². The summed E-state index contributed by atoms with van der Waals surface area (Å²) in [5.41, 5.74) is 12.7. The molecular formula is C10H9IN8O. The van der Waals surface area contributed by atoms with Crippen LogP contribution in [0.25, 0.3) is 16.6 Å². The molecule has 2 aromatic heterocycles. The van der Waals surface area contributed by atoms with E-state index in [0.29, 0.717) is 22.4 Å². The molecule has 1 atom stereocenters. The minimum Gasteiger partial charge on any atom is -0.383 e. The molecule has 5 N–H and O–H groups in total. The van der Waals surface area contributed by atoms with E-state index in [2.05, 4.69) is 25.5 Å². The minimum absolute atomic E-state index is 0.119. The van der Waals surface area contributed by atoms with Crippen molar-refractivity contribution < 1.29 is 5.11 Å². The van der Waals surface area contributed by atoms with Gasteiger partial charge in [-0.3, -0.25) is 0 Å². The number of nitrogens with zero attached hydrogens (tertiary/aromatic N) is 6. The number of rotatable bonds is 2. The second-order valence-electron chi connectivity index (χ2n) is 3.95. The van der Waals surface area contributed by atoms with Gasteiger partial charge in [-0.2, -0.15) is 9.67 Å². The van der Waals surface area contributed by atoms with Crippen LogP contribution in [0.1, 0.15) is 9.94 Å². The smallest absolute Gasteiger partial charge is 0.222 e. The summed E-state index contributed by atoms with van der Waals surface area (Å²) in [7, 11) is 0. The van der Waals surface area contributed by atoms with Crippen LogP contribution in [0.2, 0.25) is 0 Å². The topological polar surface area (TPSA) is 142 Å². The number of anilines is 2. The molecule has 0 radical (unpaired) electrons. The molecule has 10 heteroatoms. The van der Waals surface area contributed by atoms with Gasteiger partial charge in [-0.1, -0.05) is 0 Å². The zero-order valence-corrected chi connectivity index (χ0v) is 12.1. The standard InChI is InChI=1S/C10H9IN8O/c11-7(20)9-16-17-18-19(9)4-1-2-6-5(3-4)8(12)15-10(13)14-6/h1-3,7,20H,(H4,12,13,14,15). The van der Waals surface area contributed by atoms with Crippen molar-refractivity contribution in [3.05, 3.63) is 24.0 Å². The van der Waals surface area contributed by atoms with E-state index in [0.717, 1.165) is 0 Å². The number of benzene rings is 1. The lowest BCUT2D eigenvalue weighted by atomic mass is 10.2. The van der Waals surface area contributed by atoms with Gasteiger partial charge in [0.25, 0.3) is 0 Å². The number of nitrogens with two attached hydrogens (primary N) is 2. The highest BCUT2D eigenvalue weighted by Crippen LogP contribution is 2.24. The number of hydrogen-bond acceptors (Lipinski definition) is 8. The Kier molecular flexibility index (Phi) is 3.10. The first-order valence-electron chi connectivity index (χ1n) is 5.50. The number of nitrogen functional groups attached to an aromatic ring is 2. The van der Waals surface area contributed by atoms with Gasteiger partial charge in [0.05, 0.1) is 11.2 Å². The molecule has 0 amide bonds. The number of tetrazole rings is 1. The van der Waals surface area contributed by atoms with Crippen LogP contribution in [-0.4, -0.2) is 35.3 Å². The Morgan fingerprint density at radius 1 is 1.25 bits per heavy atom. The van der Waals surface area contributed by atoms with Crippen molar-refractivity contribution in [1.29, 1.82) is 0 Å². The monoisotopic (exact) mass is 384 g/mol. The highest BCUT2D eigenvalue weighted by atomic mass is 127. The fourth-order valence-corrected chi connectivity index (χ4v) is 2.21. The maximum Gasteiger partial charge on any atom is 0.222 e. The number of aliphatic hydroxyl groups excluding tert-OH is 1. The van der Waals surface area contributed by atoms with Gasteiger partial charge in [-0.25, -0.2) is 4.98 Å². The average Bonchev–Trinajstić information content (AvgIpc) is 2.87. The van der Waals surface area contributed by atoms with E-state index >= 15 is 0 Å². The Hall–Kier alpha value is -2.08. The predicted octanol–water partition coefficient (Wildman–Crippen LogP) is 0.196. The summed E-state index contributed by atoms with van der Waals surface area (Å²) in [4.78, 5) is 8.01. The second-order valence-corrected chi connectivity index (χ2v) is 5.13. The van der Waals surface area contributed by atoms with E-state index in [1.165, 1.54) is 4.68 Å². The van der Waals surface area contributed by atoms with Crippen LogP contribution in [0.15, 0.2) is 18.2 Å². The molecule has 0 saturated carbocycles. The lowest BCUT2D eigenvalue weighted by molar-refractivity contribution is 0.272. The molecule has 1 aromatic carbocycles. The zero-order chi connectivity index (χ0) is 14.3. The van der Waals surface area contributed by atoms with E-state index in [1.807, 2.05) is 22.6 Å². The van der Waals surface area contributed by atoms with Gasteiger partial charge in [0.1, 0.15) is 5.82 Å². The van der Waals surface area contributed by atoms with Gasteiger partial charge in [-0.15, -0.1) is 5.10 Å². The molecule has 0 aliphatic carbocycles. The van der Waals surface area contributed by atoms with Crippen LogP contribution < -0.4 is 11.5 Å². The highest BCUT2D eigenvalue weighted by Gasteiger charge is 2.15. The van der Waals surface area contributed by atoms with E-state index in [9.17, 15) is 5.11 Å². The van der Waals surface area contributed by atoms with Gasteiger partial charge >= 0.3 is 0 Å². The summed E-state index contributed by atoms with van der Waals surface area (Å²) >= 11 is 1.81. The Bertz CT molecular complexity index is 786. The van der Waals surface area contributed by atoms with E-state index < -0.39 is 4.11 Å². The lowest BCUT2D eigenvalue weighted by Gasteiger charge is -2.07. The number of hydrogen-bond donors (Lipinski definition) is 3. The number of fused-ring (bicyclic) bond motifs is 1. The molecule has 0 fully saturated rings. The maximum absolute atomic E-state index is 9.62. The van der Waals surface area contributed by atoms with Crippen LogP contribution >= 0.6 is 22.6 Å². The molecule has 102 valence electrons. The summed E-state index contributed by atoms with van der Waals surface area (Å²) in [6.45, 7) is 0. The SMILES string of the molecule is Nc1nc(N)c2cc(-n3nnnc3C(O)I)ccc2n1. The van der Waals surface area contributed by atoms with Crippen molar-refractivity contribution in [2.75, 3.05) is 11.5 Å². The molecule has 0 spiro atoms. The van der Waals surface area contributed by atoms with Crippen LogP contribution in [0.3, 0.4) is 0 Å². The van der Waals surface area contributed by atoms with Gasteiger partial charge in [-0.05, 0) is 51.2 Å².